The third kappa shape index (κ3) is 3.01. The van der Waals surface area contributed by atoms with Crippen LogP contribution in [0.2, 0.25) is 0 Å². The summed E-state index contributed by atoms with van der Waals surface area (Å²) in [5.41, 5.74) is 1.34. The molecule has 0 N–H and O–H groups in total. The number of rotatable bonds is 2. The standard InChI is InChI=1S/C22H21FN2O4/c1-13(26)25-10-16-9-24(11-18(16)21(25)14-3-2-4-17(23)7-14)22(27)15-5-6-19-20(8-15)29-12-28-19/h2-8,16,18,21H,9-12H2,1H3/t16-,18-,21+/m1/s1. The van der Waals surface area contributed by atoms with Crippen molar-refractivity contribution in [2.24, 2.45) is 11.8 Å². The van der Waals surface area contributed by atoms with E-state index in [2.05, 4.69) is 0 Å². The summed E-state index contributed by atoms with van der Waals surface area (Å²) in [5.74, 6) is 1.07. The van der Waals surface area contributed by atoms with Gasteiger partial charge in [0.1, 0.15) is 5.82 Å². The number of carbonyl (C=O) groups excluding carboxylic acids is 2. The fourth-order valence-electron chi connectivity index (χ4n) is 4.86. The SMILES string of the molecule is CC(=O)N1C[C@H]2CN(C(=O)c3ccc4c(c3)OCO4)C[C@H]2[C@@H]1c1cccc(F)c1. The second kappa shape index (κ2) is 6.76. The molecule has 2 amide bonds. The molecule has 150 valence electrons. The third-order valence-corrected chi connectivity index (χ3v) is 6.17. The Morgan fingerprint density at radius 1 is 1.03 bits per heavy atom. The van der Waals surface area contributed by atoms with E-state index >= 15 is 0 Å². The number of benzene rings is 2. The summed E-state index contributed by atoms with van der Waals surface area (Å²) in [6.07, 6.45) is 0. The van der Waals surface area contributed by atoms with Crippen LogP contribution in [0.1, 0.15) is 28.9 Å². The fourth-order valence-corrected chi connectivity index (χ4v) is 4.86. The lowest BCUT2D eigenvalue weighted by atomic mass is 9.89. The highest BCUT2D eigenvalue weighted by Gasteiger charge is 2.49. The average molecular weight is 396 g/mol. The van der Waals surface area contributed by atoms with Crippen LogP contribution in [0.4, 0.5) is 4.39 Å². The molecule has 2 saturated heterocycles. The summed E-state index contributed by atoms with van der Waals surface area (Å²) in [6, 6.07) is 11.4. The van der Waals surface area contributed by atoms with Gasteiger partial charge < -0.3 is 19.3 Å². The summed E-state index contributed by atoms with van der Waals surface area (Å²) in [6.45, 7) is 3.39. The quantitative estimate of drug-likeness (QED) is 0.783. The Morgan fingerprint density at radius 2 is 1.86 bits per heavy atom. The molecule has 0 unspecified atom stereocenters. The first-order valence-electron chi connectivity index (χ1n) is 9.73. The highest BCUT2D eigenvalue weighted by molar-refractivity contribution is 5.95. The van der Waals surface area contributed by atoms with Crippen molar-refractivity contribution in [1.82, 2.24) is 9.80 Å². The predicted molar refractivity (Wildman–Crippen MR) is 102 cm³/mol. The Bertz CT molecular complexity index is 995. The molecule has 2 fully saturated rings. The number of carbonyl (C=O) groups is 2. The van der Waals surface area contributed by atoms with Crippen LogP contribution in [0.3, 0.4) is 0 Å². The van der Waals surface area contributed by atoms with Crippen LogP contribution in [0.25, 0.3) is 0 Å². The largest absolute Gasteiger partial charge is 0.454 e. The Balaban J connectivity index is 1.40. The molecular formula is C22H21FN2O4. The maximum Gasteiger partial charge on any atom is 0.254 e. The molecule has 0 aromatic heterocycles. The van der Waals surface area contributed by atoms with Gasteiger partial charge in [0.2, 0.25) is 12.7 Å². The lowest BCUT2D eigenvalue weighted by Gasteiger charge is -2.29. The molecule has 3 aliphatic rings. The molecule has 29 heavy (non-hydrogen) atoms. The van der Waals surface area contributed by atoms with Crippen molar-refractivity contribution in [2.75, 3.05) is 26.4 Å². The van der Waals surface area contributed by atoms with E-state index in [1.807, 2.05) is 15.9 Å². The van der Waals surface area contributed by atoms with E-state index in [9.17, 15) is 14.0 Å². The monoisotopic (exact) mass is 396 g/mol. The molecule has 5 rings (SSSR count). The van der Waals surface area contributed by atoms with Gasteiger partial charge >= 0.3 is 0 Å². The fraction of sp³-hybridized carbons (Fsp3) is 0.364. The van der Waals surface area contributed by atoms with Crippen molar-refractivity contribution >= 4 is 11.8 Å². The molecule has 0 spiro atoms. The minimum Gasteiger partial charge on any atom is -0.454 e. The van der Waals surface area contributed by atoms with E-state index in [1.165, 1.54) is 12.1 Å². The van der Waals surface area contributed by atoms with Crippen LogP contribution >= 0.6 is 0 Å². The Hall–Kier alpha value is -3.09. The number of ether oxygens (including phenoxy) is 2. The van der Waals surface area contributed by atoms with Gasteiger partial charge in [0.25, 0.3) is 5.91 Å². The molecular weight excluding hydrogens is 375 g/mol. The second-order valence-electron chi connectivity index (χ2n) is 7.87. The topological polar surface area (TPSA) is 59.1 Å². The molecule has 2 aromatic rings. The van der Waals surface area contributed by atoms with Crippen molar-refractivity contribution in [2.45, 2.75) is 13.0 Å². The lowest BCUT2D eigenvalue weighted by molar-refractivity contribution is -0.130. The molecule has 3 atom stereocenters. The highest BCUT2D eigenvalue weighted by Crippen LogP contribution is 2.45. The molecule has 0 radical (unpaired) electrons. The van der Waals surface area contributed by atoms with Gasteiger partial charge in [-0.2, -0.15) is 0 Å². The van der Waals surface area contributed by atoms with E-state index in [1.54, 1.807) is 31.2 Å². The van der Waals surface area contributed by atoms with Crippen LogP contribution in [-0.2, 0) is 4.79 Å². The predicted octanol–water partition coefficient (Wildman–Crippen LogP) is 2.85. The number of hydrogen-bond acceptors (Lipinski definition) is 4. The van der Waals surface area contributed by atoms with Gasteiger partial charge in [-0.1, -0.05) is 12.1 Å². The smallest absolute Gasteiger partial charge is 0.254 e. The molecule has 3 aliphatic heterocycles. The van der Waals surface area contributed by atoms with Gasteiger partial charge in [-0.25, -0.2) is 4.39 Å². The number of nitrogens with zero attached hydrogens (tertiary/aromatic N) is 2. The van der Waals surface area contributed by atoms with Gasteiger partial charge in [-0.05, 0) is 35.9 Å². The average Bonchev–Trinajstić information content (AvgIpc) is 3.40. The van der Waals surface area contributed by atoms with Gasteiger partial charge in [0.05, 0.1) is 6.04 Å². The molecule has 2 aromatic carbocycles. The summed E-state index contributed by atoms with van der Waals surface area (Å²) in [7, 11) is 0. The lowest BCUT2D eigenvalue weighted by Crippen LogP contribution is -2.36. The minimum absolute atomic E-state index is 0.0256. The number of amides is 2. The molecule has 0 bridgehead atoms. The van der Waals surface area contributed by atoms with E-state index in [-0.39, 0.29) is 42.3 Å². The number of halogens is 1. The maximum absolute atomic E-state index is 13.8. The van der Waals surface area contributed by atoms with E-state index in [4.69, 9.17) is 9.47 Å². The zero-order valence-corrected chi connectivity index (χ0v) is 16.0. The van der Waals surface area contributed by atoms with E-state index < -0.39 is 0 Å². The maximum atomic E-state index is 13.8. The summed E-state index contributed by atoms with van der Waals surface area (Å²) in [4.78, 5) is 28.9. The van der Waals surface area contributed by atoms with Gasteiger partial charge in [0.15, 0.2) is 11.5 Å². The van der Waals surface area contributed by atoms with Crippen LogP contribution in [0, 0.1) is 17.7 Å². The first-order valence-corrected chi connectivity index (χ1v) is 9.73. The van der Waals surface area contributed by atoms with Crippen molar-refractivity contribution in [3.63, 3.8) is 0 Å². The van der Waals surface area contributed by atoms with Crippen molar-refractivity contribution in [1.29, 1.82) is 0 Å². The summed E-state index contributed by atoms with van der Waals surface area (Å²) in [5, 5.41) is 0. The first kappa shape index (κ1) is 18.0. The van der Waals surface area contributed by atoms with Crippen molar-refractivity contribution < 1.29 is 23.5 Å². The molecule has 6 nitrogen and oxygen atoms in total. The van der Waals surface area contributed by atoms with Crippen molar-refractivity contribution in [3.05, 3.63) is 59.4 Å². The number of hydrogen-bond donors (Lipinski definition) is 0. The van der Waals surface area contributed by atoms with Gasteiger partial charge in [-0.3, -0.25) is 9.59 Å². The van der Waals surface area contributed by atoms with E-state index in [0.717, 1.165) is 5.56 Å². The summed E-state index contributed by atoms with van der Waals surface area (Å²) < 4.78 is 24.5. The normalized spacial score (nSPS) is 24.7. The summed E-state index contributed by atoms with van der Waals surface area (Å²) >= 11 is 0. The highest BCUT2D eigenvalue weighted by atomic mass is 19.1. The van der Waals surface area contributed by atoms with Crippen LogP contribution in [0.5, 0.6) is 11.5 Å². The van der Waals surface area contributed by atoms with Crippen molar-refractivity contribution in [3.8, 4) is 11.5 Å². The third-order valence-electron chi connectivity index (χ3n) is 6.17. The molecule has 0 saturated carbocycles. The first-order chi connectivity index (χ1) is 14.0. The molecule has 3 heterocycles. The molecule has 0 aliphatic carbocycles. The Kier molecular flexibility index (Phi) is 4.19. The molecule has 7 heteroatoms. The van der Waals surface area contributed by atoms with Gasteiger partial charge in [-0.15, -0.1) is 0 Å². The zero-order chi connectivity index (χ0) is 20.1. The number of fused-ring (bicyclic) bond motifs is 2. The van der Waals surface area contributed by atoms with Crippen LogP contribution in [0.15, 0.2) is 42.5 Å². The second-order valence-corrected chi connectivity index (χ2v) is 7.87. The number of likely N-dealkylation sites (tertiary alicyclic amines) is 2. The Morgan fingerprint density at radius 3 is 2.66 bits per heavy atom. The Labute approximate surface area is 167 Å². The van der Waals surface area contributed by atoms with Crippen LogP contribution < -0.4 is 9.47 Å². The van der Waals surface area contributed by atoms with Gasteiger partial charge in [0, 0.05) is 44.0 Å². The zero-order valence-electron chi connectivity index (χ0n) is 16.0. The van der Waals surface area contributed by atoms with Crippen LogP contribution in [-0.4, -0.2) is 48.0 Å². The minimum atomic E-state index is -0.319. The van der Waals surface area contributed by atoms with E-state index in [0.29, 0.717) is 36.7 Å².